The van der Waals surface area contributed by atoms with Crippen LogP contribution >= 0.6 is 34.8 Å². The van der Waals surface area contributed by atoms with Gasteiger partial charge in [0.1, 0.15) is 0 Å². The van der Waals surface area contributed by atoms with Crippen molar-refractivity contribution in [2.75, 3.05) is 5.88 Å². The van der Waals surface area contributed by atoms with E-state index in [9.17, 15) is 0 Å². The van der Waals surface area contributed by atoms with E-state index in [1.807, 2.05) is 25.1 Å². The summed E-state index contributed by atoms with van der Waals surface area (Å²) in [5.74, 6) is 0.506. The monoisotopic (exact) mass is 234 g/mol. The zero-order valence-electron chi connectivity index (χ0n) is 7.15. The summed E-state index contributed by atoms with van der Waals surface area (Å²) < 4.78 is 0. The van der Waals surface area contributed by atoms with E-state index < -0.39 is 0 Å². The highest BCUT2D eigenvalue weighted by Crippen LogP contribution is 2.25. The van der Waals surface area contributed by atoms with Crippen molar-refractivity contribution in [2.45, 2.75) is 6.92 Å². The zero-order chi connectivity index (χ0) is 9.84. The molecule has 0 aromatic heterocycles. The van der Waals surface area contributed by atoms with E-state index in [2.05, 4.69) is 0 Å². The third kappa shape index (κ3) is 2.91. The fraction of sp³-hybridized carbons (Fsp3) is 0.200. The van der Waals surface area contributed by atoms with Gasteiger partial charge in [-0.1, -0.05) is 35.3 Å². The second-order valence-corrected chi connectivity index (χ2v) is 3.79. The van der Waals surface area contributed by atoms with Gasteiger partial charge in [0.05, 0.1) is 10.0 Å². The van der Waals surface area contributed by atoms with Crippen LogP contribution in [0.1, 0.15) is 12.5 Å². The molecule has 0 spiro atoms. The minimum Gasteiger partial charge on any atom is -0.122 e. The molecule has 0 heterocycles. The molecule has 0 nitrogen and oxygen atoms in total. The van der Waals surface area contributed by atoms with E-state index in [-0.39, 0.29) is 0 Å². The minimum absolute atomic E-state index is 0.506. The highest BCUT2D eigenvalue weighted by molar-refractivity contribution is 6.42. The number of hydrogen-bond donors (Lipinski definition) is 0. The molecule has 0 amide bonds. The average molecular weight is 236 g/mol. The molecule has 0 saturated heterocycles. The summed E-state index contributed by atoms with van der Waals surface area (Å²) in [7, 11) is 0. The molecule has 0 aliphatic rings. The van der Waals surface area contributed by atoms with Gasteiger partial charge >= 0.3 is 0 Å². The van der Waals surface area contributed by atoms with Crippen LogP contribution in [-0.4, -0.2) is 5.88 Å². The number of alkyl halides is 1. The van der Waals surface area contributed by atoms with Crippen LogP contribution in [0.3, 0.4) is 0 Å². The van der Waals surface area contributed by atoms with Gasteiger partial charge < -0.3 is 0 Å². The zero-order valence-corrected chi connectivity index (χ0v) is 9.42. The topological polar surface area (TPSA) is 0 Å². The van der Waals surface area contributed by atoms with E-state index >= 15 is 0 Å². The summed E-state index contributed by atoms with van der Waals surface area (Å²) in [5.41, 5.74) is 2.16. The number of allylic oxidation sites excluding steroid dienone is 2. The van der Waals surface area contributed by atoms with Crippen LogP contribution in [0.5, 0.6) is 0 Å². The van der Waals surface area contributed by atoms with Crippen LogP contribution in [0.2, 0.25) is 10.0 Å². The smallest absolute Gasteiger partial charge is 0.0598 e. The van der Waals surface area contributed by atoms with Crippen molar-refractivity contribution < 1.29 is 0 Å². The predicted molar refractivity (Wildman–Crippen MR) is 60.8 cm³/mol. The maximum atomic E-state index is 5.87. The summed E-state index contributed by atoms with van der Waals surface area (Å²) in [6, 6.07) is 5.54. The van der Waals surface area contributed by atoms with E-state index in [4.69, 9.17) is 34.8 Å². The molecule has 0 unspecified atom stereocenters. The summed E-state index contributed by atoms with van der Waals surface area (Å²) in [6.45, 7) is 1.99. The third-order valence-corrected chi connectivity index (χ3v) is 2.65. The van der Waals surface area contributed by atoms with Gasteiger partial charge in [-0.15, -0.1) is 11.6 Å². The van der Waals surface area contributed by atoms with Crippen LogP contribution in [0.4, 0.5) is 0 Å². The van der Waals surface area contributed by atoms with Crippen molar-refractivity contribution in [1.82, 2.24) is 0 Å². The summed E-state index contributed by atoms with van der Waals surface area (Å²) in [6.07, 6.45) is 1.93. The molecule has 0 N–H and O–H groups in total. The van der Waals surface area contributed by atoms with Crippen molar-refractivity contribution in [1.29, 1.82) is 0 Å². The van der Waals surface area contributed by atoms with Crippen molar-refractivity contribution in [3.05, 3.63) is 39.9 Å². The summed E-state index contributed by atoms with van der Waals surface area (Å²) in [5, 5.41) is 1.14. The molecule has 0 aliphatic carbocycles. The van der Waals surface area contributed by atoms with Crippen molar-refractivity contribution in [3.8, 4) is 0 Å². The Balaban J connectivity index is 3.04. The molecule has 0 saturated carbocycles. The Kier molecular flexibility index (Phi) is 4.11. The Hall–Kier alpha value is -0.170. The highest BCUT2D eigenvalue weighted by Gasteiger charge is 2.00. The van der Waals surface area contributed by atoms with Crippen LogP contribution in [0.15, 0.2) is 24.3 Å². The largest absolute Gasteiger partial charge is 0.122 e. The van der Waals surface area contributed by atoms with Crippen LogP contribution < -0.4 is 0 Å². The number of rotatable bonds is 2. The van der Waals surface area contributed by atoms with Crippen LogP contribution in [-0.2, 0) is 0 Å². The number of benzene rings is 1. The SMILES string of the molecule is CC(=CCCl)c1ccc(Cl)c(Cl)c1. The van der Waals surface area contributed by atoms with Gasteiger partial charge in [0.15, 0.2) is 0 Å². The maximum Gasteiger partial charge on any atom is 0.0598 e. The van der Waals surface area contributed by atoms with Gasteiger partial charge in [-0.25, -0.2) is 0 Å². The molecule has 0 atom stereocenters. The quantitative estimate of drug-likeness (QED) is 0.655. The standard InChI is InChI=1S/C10H9Cl3/c1-7(4-5-11)8-2-3-9(12)10(13)6-8/h2-4,6H,5H2,1H3. The first-order valence-corrected chi connectivity index (χ1v) is 5.12. The minimum atomic E-state index is 0.506. The second kappa shape index (κ2) is 4.90. The number of hydrogen-bond acceptors (Lipinski definition) is 0. The van der Waals surface area contributed by atoms with Crippen LogP contribution in [0.25, 0.3) is 5.57 Å². The summed E-state index contributed by atoms with van der Waals surface area (Å²) >= 11 is 17.2. The van der Waals surface area contributed by atoms with Gasteiger partial charge in [-0.3, -0.25) is 0 Å². The molecule has 0 bridgehead atoms. The normalized spacial score (nSPS) is 11.8. The number of halogens is 3. The molecule has 0 aliphatic heterocycles. The van der Waals surface area contributed by atoms with Crippen molar-refractivity contribution >= 4 is 40.4 Å². The van der Waals surface area contributed by atoms with Crippen molar-refractivity contribution in [3.63, 3.8) is 0 Å². The van der Waals surface area contributed by atoms with Crippen molar-refractivity contribution in [2.24, 2.45) is 0 Å². The molecule has 0 fully saturated rings. The summed E-state index contributed by atoms with van der Waals surface area (Å²) in [4.78, 5) is 0. The van der Waals surface area contributed by atoms with Gasteiger partial charge in [0.2, 0.25) is 0 Å². The fourth-order valence-corrected chi connectivity index (χ4v) is 1.50. The molecular formula is C10H9Cl3. The molecular weight excluding hydrogens is 226 g/mol. The Morgan fingerprint density at radius 3 is 2.54 bits per heavy atom. The van der Waals surface area contributed by atoms with Gasteiger partial charge in [0.25, 0.3) is 0 Å². The molecule has 0 radical (unpaired) electrons. The first-order valence-electron chi connectivity index (χ1n) is 3.83. The van der Waals surface area contributed by atoms with E-state index in [0.717, 1.165) is 11.1 Å². The lowest BCUT2D eigenvalue weighted by Gasteiger charge is -2.02. The Morgan fingerprint density at radius 1 is 1.31 bits per heavy atom. The molecule has 1 aromatic rings. The lowest BCUT2D eigenvalue weighted by Crippen LogP contribution is -1.80. The van der Waals surface area contributed by atoms with E-state index in [1.165, 1.54) is 0 Å². The van der Waals surface area contributed by atoms with Gasteiger partial charge in [0, 0.05) is 5.88 Å². The molecule has 1 aromatic carbocycles. The third-order valence-electron chi connectivity index (χ3n) is 1.76. The Bertz CT molecular complexity index is 329. The van der Waals surface area contributed by atoms with Gasteiger partial charge in [-0.05, 0) is 30.2 Å². The Labute approximate surface area is 93.1 Å². The highest BCUT2D eigenvalue weighted by atomic mass is 35.5. The molecule has 13 heavy (non-hydrogen) atoms. The van der Waals surface area contributed by atoms with Gasteiger partial charge in [-0.2, -0.15) is 0 Å². The second-order valence-electron chi connectivity index (χ2n) is 2.67. The molecule has 1 rings (SSSR count). The molecule has 3 heteroatoms. The van der Waals surface area contributed by atoms with E-state index in [1.54, 1.807) is 6.07 Å². The average Bonchev–Trinajstić information content (AvgIpc) is 2.10. The molecule has 70 valence electrons. The van der Waals surface area contributed by atoms with E-state index in [0.29, 0.717) is 15.9 Å². The fourth-order valence-electron chi connectivity index (χ4n) is 0.975. The predicted octanol–water partition coefficient (Wildman–Crippen LogP) is 4.64. The lowest BCUT2D eigenvalue weighted by atomic mass is 10.1. The van der Waals surface area contributed by atoms with Crippen LogP contribution in [0, 0.1) is 0 Å². The maximum absolute atomic E-state index is 5.87. The first kappa shape index (κ1) is 10.9. The first-order chi connectivity index (χ1) is 6.15. The Morgan fingerprint density at radius 2 is 2.00 bits per heavy atom. The lowest BCUT2D eigenvalue weighted by molar-refractivity contribution is 1.54.